The van der Waals surface area contributed by atoms with Crippen molar-refractivity contribution in [3.05, 3.63) is 29.3 Å². The van der Waals surface area contributed by atoms with Gasteiger partial charge in [-0.3, -0.25) is 4.79 Å². The Morgan fingerprint density at radius 1 is 1.37 bits per heavy atom. The fraction of sp³-hybridized carbons (Fsp3) is 0.385. The van der Waals surface area contributed by atoms with Crippen LogP contribution in [-0.4, -0.2) is 42.9 Å². The number of anilines is 1. The van der Waals surface area contributed by atoms with E-state index in [0.717, 1.165) is 5.56 Å². The van der Waals surface area contributed by atoms with Gasteiger partial charge in [-0.1, -0.05) is 6.07 Å². The second kappa shape index (κ2) is 5.81. The van der Waals surface area contributed by atoms with Gasteiger partial charge < -0.3 is 19.9 Å². The van der Waals surface area contributed by atoms with E-state index in [1.54, 1.807) is 13.0 Å². The number of ether oxygens (including phenoxy) is 2. The number of rotatable bonds is 3. The average molecular weight is 265 g/mol. The molecule has 0 radical (unpaired) electrons. The minimum atomic E-state index is -1.03. The molecule has 0 aromatic heterocycles. The molecule has 1 atom stereocenters. The normalized spacial score (nSPS) is 18.9. The smallest absolute Gasteiger partial charge is 0.335 e. The maximum atomic E-state index is 11.9. The summed E-state index contributed by atoms with van der Waals surface area (Å²) in [5.74, 6) is -1.36. The molecular weight excluding hydrogens is 250 g/mol. The van der Waals surface area contributed by atoms with E-state index in [2.05, 4.69) is 5.32 Å². The quantitative estimate of drug-likeness (QED) is 0.853. The molecule has 1 fully saturated rings. The van der Waals surface area contributed by atoms with Crippen molar-refractivity contribution in [1.29, 1.82) is 0 Å². The van der Waals surface area contributed by atoms with E-state index in [4.69, 9.17) is 14.6 Å². The van der Waals surface area contributed by atoms with Crippen molar-refractivity contribution in [2.24, 2.45) is 0 Å². The summed E-state index contributed by atoms with van der Waals surface area (Å²) in [6.07, 6.45) is -0.651. The Hall–Kier alpha value is -1.92. The SMILES string of the molecule is Cc1ccc(C(=O)O)cc1NC(=O)C1COCCO1. The molecule has 6 heteroatoms. The predicted octanol–water partition coefficient (Wildman–Crippen LogP) is 1.05. The van der Waals surface area contributed by atoms with Gasteiger partial charge in [0.2, 0.25) is 0 Å². The summed E-state index contributed by atoms with van der Waals surface area (Å²) in [5, 5.41) is 11.6. The van der Waals surface area contributed by atoms with Crippen LogP contribution >= 0.6 is 0 Å². The van der Waals surface area contributed by atoms with Crippen molar-refractivity contribution in [2.45, 2.75) is 13.0 Å². The van der Waals surface area contributed by atoms with E-state index in [1.165, 1.54) is 12.1 Å². The minimum Gasteiger partial charge on any atom is -0.478 e. The highest BCUT2D eigenvalue weighted by atomic mass is 16.6. The number of amides is 1. The summed E-state index contributed by atoms with van der Waals surface area (Å²) in [7, 11) is 0. The number of nitrogens with one attached hydrogen (secondary N) is 1. The van der Waals surface area contributed by atoms with Crippen LogP contribution in [0.1, 0.15) is 15.9 Å². The van der Waals surface area contributed by atoms with Crippen molar-refractivity contribution in [1.82, 2.24) is 0 Å². The lowest BCUT2D eigenvalue weighted by Gasteiger charge is -2.22. The number of aryl methyl sites for hydroxylation is 1. The molecule has 2 N–H and O–H groups in total. The zero-order valence-corrected chi connectivity index (χ0v) is 10.5. The van der Waals surface area contributed by atoms with Crippen LogP contribution in [0.3, 0.4) is 0 Å². The minimum absolute atomic E-state index is 0.127. The number of hydrogen-bond donors (Lipinski definition) is 2. The van der Waals surface area contributed by atoms with E-state index in [1.807, 2.05) is 0 Å². The van der Waals surface area contributed by atoms with Crippen LogP contribution in [0.5, 0.6) is 0 Å². The molecule has 1 aliphatic rings. The summed E-state index contributed by atoms with van der Waals surface area (Å²) in [4.78, 5) is 22.8. The number of carboxylic acid groups (broad SMARTS) is 1. The first-order chi connectivity index (χ1) is 9.08. The summed E-state index contributed by atoms with van der Waals surface area (Å²) in [5.41, 5.74) is 1.39. The van der Waals surface area contributed by atoms with Crippen LogP contribution in [0.2, 0.25) is 0 Å². The molecule has 102 valence electrons. The number of carbonyl (C=O) groups excluding carboxylic acids is 1. The van der Waals surface area contributed by atoms with Gasteiger partial charge in [-0.2, -0.15) is 0 Å². The molecule has 1 unspecified atom stereocenters. The Kier molecular flexibility index (Phi) is 4.13. The van der Waals surface area contributed by atoms with Gasteiger partial charge in [-0.15, -0.1) is 0 Å². The summed E-state index contributed by atoms with van der Waals surface area (Å²) < 4.78 is 10.4. The molecule has 1 aromatic rings. The van der Waals surface area contributed by atoms with E-state index in [0.29, 0.717) is 18.9 Å². The van der Waals surface area contributed by atoms with Crippen LogP contribution in [0.15, 0.2) is 18.2 Å². The van der Waals surface area contributed by atoms with Crippen molar-refractivity contribution < 1.29 is 24.2 Å². The zero-order chi connectivity index (χ0) is 13.8. The first-order valence-electron chi connectivity index (χ1n) is 5.92. The van der Waals surface area contributed by atoms with Crippen LogP contribution < -0.4 is 5.32 Å². The summed E-state index contributed by atoms with van der Waals surface area (Å²) >= 11 is 0. The Balaban J connectivity index is 2.11. The van der Waals surface area contributed by atoms with Crippen LogP contribution in [-0.2, 0) is 14.3 Å². The van der Waals surface area contributed by atoms with Crippen molar-refractivity contribution in [3.63, 3.8) is 0 Å². The average Bonchev–Trinajstić information content (AvgIpc) is 2.42. The number of hydrogen-bond acceptors (Lipinski definition) is 4. The molecule has 1 amide bonds. The first kappa shape index (κ1) is 13.5. The lowest BCUT2D eigenvalue weighted by molar-refractivity contribution is -0.142. The topological polar surface area (TPSA) is 84.9 Å². The van der Waals surface area contributed by atoms with Gasteiger partial charge in [-0.25, -0.2) is 4.79 Å². The third-order valence-corrected chi connectivity index (χ3v) is 2.85. The van der Waals surface area contributed by atoms with Crippen molar-refractivity contribution in [2.75, 3.05) is 25.1 Å². The maximum absolute atomic E-state index is 11.9. The summed E-state index contributed by atoms with van der Waals surface area (Å²) in [6, 6.07) is 4.57. The first-order valence-corrected chi connectivity index (χ1v) is 5.92. The second-order valence-electron chi connectivity index (χ2n) is 4.26. The van der Waals surface area contributed by atoms with Gasteiger partial charge >= 0.3 is 5.97 Å². The molecule has 6 nitrogen and oxygen atoms in total. The van der Waals surface area contributed by atoms with Gasteiger partial charge in [0, 0.05) is 5.69 Å². The van der Waals surface area contributed by atoms with Gasteiger partial charge in [0.15, 0.2) is 6.10 Å². The number of aromatic carboxylic acids is 1. The molecule has 0 bridgehead atoms. The summed E-state index contributed by atoms with van der Waals surface area (Å²) in [6.45, 7) is 2.87. The van der Waals surface area contributed by atoms with E-state index in [9.17, 15) is 9.59 Å². The molecular formula is C13H15NO5. The number of carbonyl (C=O) groups is 2. The van der Waals surface area contributed by atoms with Crippen LogP contribution in [0.25, 0.3) is 0 Å². The molecule has 0 saturated carbocycles. The predicted molar refractivity (Wildman–Crippen MR) is 67.3 cm³/mol. The largest absolute Gasteiger partial charge is 0.478 e. The highest BCUT2D eigenvalue weighted by Crippen LogP contribution is 2.18. The molecule has 1 saturated heterocycles. The van der Waals surface area contributed by atoms with Crippen molar-refractivity contribution in [3.8, 4) is 0 Å². The fourth-order valence-corrected chi connectivity index (χ4v) is 1.74. The highest BCUT2D eigenvalue weighted by Gasteiger charge is 2.23. The van der Waals surface area contributed by atoms with Gasteiger partial charge in [0.05, 0.1) is 25.4 Å². The molecule has 0 aliphatic carbocycles. The molecule has 1 aliphatic heterocycles. The lowest BCUT2D eigenvalue weighted by atomic mass is 10.1. The standard InChI is InChI=1S/C13H15NO5/c1-8-2-3-9(13(16)17)6-10(8)14-12(15)11-7-18-4-5-19-11/h2-3,6,11H,4-5,7H2,1H3,(H,14,15)(H,16,17). The maximum Gasteiger partial charge on any atom is 0.335 e. The van der Waals surface area contributed by atoms with Crippen molar-refractivity contribution >= 4 is 17.6 Å². The molecule has 1 heterocycles. The van der Waals surface area contributed by atoms with Gasteiger partial charge in [0.25, 0.3) is 5.91 Å². The van der Waals surface area contributed by atoms with E-state index in [-0.39, 0.29) is 18.1 Å². The molecule has 0 spiro atoms. The second-order valence-corrected chi connectivity index (χ2v) is 4.26. The number of benzene rings is 1. The Bertz CT molecular complexity index is 494. The third kappa shape index (κ3) is 3.30. The molecule has 19 heavy (non-hydrogen) atoms. The number of carboxylic acids is 1. The lowest BCUT2D eigenvalue weighted by Crippen LogP contribution is -2.39. The monoisotopic (exact) mass is 265 g/mol. The van der Waals surface area contributed by atoms with Crippen LogP contribution in [0.4, 0.5) is 5.69 Å². The Morgan fingerprint density at radius 2 is 2.16 bits per heavy atom. The fourth-order valence-electron chi connectivity index (χ4n) is 1.74. The molecule has 1 aromatic carbocycles. The van der Waals surface area contributed by atoms with Gasteiger partial charge in [0.1, 0.15) is 0 Å². The Morgan fingerprint density at radius 3 is 2.79 bits per heavy atom. The van der Waals surface area contributed by atoms with Gasteiger partial charge in [-0.05, 0) is 24.6 Å². The Labute approximate surface area is 110 Å². The van der Waals surface area contributed by atoms with Crippen LogP contribution in [0, 0.1) is 6.92 Å². The van der Waals surface area contributed by atoms with E-state index < -0.39 is 12.1 Å². The van der Waals surface area contributed by atoms with E-state index >= 15 is 0 Å². The highest BCUT2D eigenvalue weighted by molar-refractivity contribution is 5.97. The third-order valence-electron chi connectivity index (χ3n) is 2.85. The zero-order valence-electron chi connectivity index (χ0n) is 10.5. The molecule has 2 rings (SSSR count).